The molecule has 0 amide bonds. The van der Waals surface area contributed by atoms with Gasteiger partial charge in [0.1, 0.15) is 0 Å². The molecule has 0 aromatic rings. The highest BCUT2D eigenvalue weighted by Crippen LogP contribution is 1.97. The van der Waals surface area contributed by atoms with Gasteiger partial charge in [-0.2, -0.15) is 8.42 Å². The summed E-state index contributed by atoms with van der Waals surface area (Å²) in [5.41, 5.74) is 0. The van der Waals surface area contributed by atoms with E-state index >= 15 is 0 Å². The van der Waals surface area contributed by atoms with E-state index in [0.29, 0.717) is 0 Å². The van der Waals surface area contributed by atoms with Gasteiger partial charge in [-0.3, -0.25) is 9.35 Å². The Bertz CT molecular complexity index is 303. The van der Waals surface area contributed by atoms with Crippen LogP contribution in [0.25, 0.3) is 0 Å². The number of rotatable bonds is 2. The van der Waals surface area contributed by atoms with E-state index in [1.165, 1.54) is 64.7 Å². The van der Waals surface area contributed by atoms with Crippen LogP contribution >= 0.6 is 0 Å². The van der Waals surface area contributed by atoms with Crippen LogP contribution < -0.4 is 10.6 Å². The Hall–Kier alpha value is -0.700. The van der Waals surface area contributed by atoms with Gasteiger partial charge < -0.3 is 15.7 Å². The number of carbonyl (C=O) groups is 1. The van der Waals surface area contributed by atoms with Crippen molar-refractivity contribution in [3.8, 4) is 0 Å². The summed E-state index contributed by atoms with van der Waals surface area (Å²) in [6.45, 7) is 5.00. The topological polar surface area (TPSA) is 116 Å². The number of aliphatic carboxylic acids is 1. The number of nitrogens with one attached hydrogen (secondary N) is 2. The lowest BCUT2D eigenvalue weighted by Gasteiger charge is -2.08. The molecule has 0 aromatic heterocycles. The average Bonchev–Trinajstić information content (AvgIpc) is 2.41. The first-order valence-corrected chi connectivity index (χ1v) is 8.61. The van der Waals surface area contributed by atoms with Crippen LogP contribution in [0.4, 0.5) is 0 Å². The van der Waals surface area contributed by atoms with Crippen molar-refractivity contribution in [2.45, 2.75) is 38.5 Å². The third-order valence-corrected chi connectivity index (χ3v) is 3.33. The van der Waals surface area contributed by atoms with Gasteiger partial charge in [-0.25, -0.2) is 0 Å². The molecule has 2 fully saturated rings. The van der Waals surface area contributed by atoms with Crippen LogP contribution in [0.1, 0.15) is 38.5 Å². The van der Waals surface area contributed by atoms with Crippen molar-refractivity contribution >= 4 is 16.1 Å². The standard InChI is InChI=1S/2C5H11N.C2H4O5S/c2*1-2-4-6-5-3-1;3-2(4)1-8(5,6)7/h2*6H,1-5H2;1H2,(H,3,4)(H,5,6,7). The molecule has 2 rings (SSSR count). The second-order valence-corrected chi connectivity index (χ2v) is 6.19. The lowest BCUT2D eigenvalue weighted by molar-refractivity contribution is -0.134. The van der Waals surface area contributed by atoms with Gasteiger partial charge in [0, 0.05) is 0 Å². The van der Waals surface area contributed by atoms with Crippen LogP contribution in [-0.4, -0.2) is 56.0 Å². The molecule has 2 aliphatic rings. The van der Waals surface area contributed by atoms with Crippen LogP contribution in [0, 0.1) is 0 Å². The molecule has 0 atom stereocenters. The van der Waals surface area contributed by atoms with Crippen LogP contribution in [0.3, 0.4) is 0 Å². The molecule has 2 aliphatic heterocycles. The predicted octanol–water partition coefficient (Wildman–Crippen LogP) is 0.479. The average molecular weight is 310 g/mol. The summed E-state index contributed by atoms with van der Waals surface area (Å²) in [5.74, 6) is -2.79. The van der Waals surface area contributed by atoms with E-state index in [2.05, 4.69) is 10.6 Å². The molecule has 2 saturated heterocycles. The minimum atomic E-state index is -4.32. The summed E-state index contributed by atoms with van der Waals surface area (Å²) in [6.07, 6.45) is 8.43. The summed E-state index contributed by atoms with van der Waals surface area (Å²) in [5, 5.41) is 14.3. The Balaban J connectivity index is 0.000000274. The second-order valence-electron chi connectivity index (χ2n) is 4.74. The Kier molecular flexibility index (Phi) is 11.6. The van der Waals surface area contributed by atoms with Gasteiger partial charge in [-0.15, -0.1) is 0 Å². The molecule has 8 heteroatoms. The van der Waals surface area contributed by atoms with E-state index < -0.39 is 21.8 Å². The highest BCUT2D eigenvalue weighted by atomic mass is 32.2. The van der Waals surface area contributed by atoms with Gasteiger partial charge in [-0.1, -0.05) is 12.8 Å². The molecule has 7 nitrogen and oxygen atoms in total. The van der Waals surface area contributed by atoms with Crippen LogP contribution in [0.2, 0.25) is 0 Å². The van der Waals surface area contributed by atoms with Gasteiger partial charge in [0.25, 0.3) is 10.1 Å². The fourth-order valence-electron chi connectivity index (χ4n) is 1.76. The third-order valence-electron chi connectivity index (χ3n) is 2.72. The third kappa shape index (κ3) is 17.3. The Morgan fingerprint density at radius 1 is 0.850 bits per heavy atom. The summed E-state index contributed by atoms with van der Waals surface area (Å²) in [7, 11) is -4.32. The predicted molar refractivity (Wildman–Crippen MR) is 77.5 cm³/mol. The molecule has 2 heterocycles. The maximum atomic E-state index is 9.62. The quantitative estimate of drug-likeness (QED) is 0.548. The van der Waals surface area contributed by atoms with Gasteiger partial charge >= 0.3 is 5.97 Å². The van der Waals surface area contributed by atoms with Crippen molar-refractivity contribution in [2.24, 2.45) is 0 Å². The normalized spacial score (nSPS) is 18.9. The van der Waals surface area contributed by atoms with Gasteiger partial charge in [-0.05, 0) is 51.9 Å². The largest absolute Gasteiger partial charge is 0.480 e. The van der Waals surface area contributed by atoms with Crippen LogP contribution in [0.5, 0.6) is 0 Å². The van der Waals surface area contributed by atoms with E-state index in [1.807, 2.05) is 0 Å². The molecular formula is C12H26N2O5S. The Morgan fingerprint density at radius 2 is 1.20 bits per heavy atom. The van der Waals surface area contributed by atoms with Crippen molar-refractivity contribution in [1.29, 1.82) is 0 Å². The SMILES string of the molecule is C1CCNCC1.C1CCNCC1.O=C(O)CS(=O)(=O)O. The molecule has 0 aromatic carbocycles. The minimum absolute atomic E-state index is 1.23. The van der Waals surface area contributed by atoms with E-state index in [-0.39, 0.29) is 0 Å². The summed E-state index contributed by atoms with van der Waals surface area (Å²) >= 11 is 0. The number of hydrogen-bond donors (Lipinski definition) is 4. The molecule has 20 heavy (non-hydrogen) atoms. The lowest BCUT2D eigenvalue weighted by Crippen LogP contribution is -2.21. The molecule has 4 N–H and O–H groups in total. The molecule has 0 bridgehead atoms. The molecule has 120 valence electrons. The van der Waals surface area contributed by atoms with E-state index in [1.54, 1.807) is 0 Å². The fourth-order valence-corrected chi connectivity index (χ4v) is 2.07. The van der Waals surface area contributed by atoms with Gasteiger partial charge in [0.2, 0.25) is 0 Å². The molecule has 0 saturated carbocycles. The summed E-state index contributed by atoms with van der Waals surface area (Å²) < 4.78 is 27.0. The highest BCUT2D eigenvalue weighted by molar-refractivity contribution is 7.86. The van der Waals surface area contributed by atoms with Crippen LogP contribution in [-0.2, 0) is 14.9 Å². The van der Waals surface area contributed by atoms with Crippen molar-refractivity contribution in [3.05, 3.63) is 0 Å². The van der Waals surface area contributed by atoms with Crippen molar-refractivity contribution in [2.75, 3.05) is 31.9 Å². The van der Waals surface area contributed by atoms with Crippen LogP contribution in [0.15, 0.2) is 0 Å². The maximum Gasteiger partial charge on any atom is 0.321 e. The Labute approximate surface area is 120 Å². The van der Waals surface area contributed by atoms with Crippen molar-refractivity contribution < 1.29 is 22.9 Å². The first-order chi connectivity index (χ1) is 9.42. The first-order valence-electron chi connectivity index (χ1n) is 7.00. The fraction of sp³-hybridized carbons (Fsp3) is 0.917. The second kappa shape index (κ2) is 12.1. The zero-order valence-corrected chi connectivity index (χ0v) is 12.6. The van der Waals surface area contributed by atoms with E-state index in [4.69, 9.17) is 9.66 Å². The molecule has 0 spiro atoms. The molecule has 0 unspecified atom stereocenters. The van der Waals surface area contributed by atoms with Gasteiger partial charge in [0.05, 0.1) is 0 Å². The van der Waals surface area contributed by atoms with E-state index in [0.717, 1.165) is 0 Å². The van der Waals surface area contributed by atoms with E-state index in [9.17, 15) is 13.2 Å². The molecule has 0 radical (unpaired) electrons. The minimum Gasteiger partial charge on any atom is -0.480 e. The highest BCUT2D eigenvalue weighted by Gasteiger charge is 2.09. The Morgan fingerprint density at radius 3 is 1.25 bits per heavy atom. The van der Waals surface area contributed by atoms with Crippen molar-refractivity contribution in [1.82, 2.24) is 10.6 Å². The molecular weight excluding hydrogens is 284 g/mol. The zero-order valence-electron chi connectivity index (χ0n) is 11.8. The number of piperidine rings is 2. The lowest BCUT2D eigenvalue weighted by atomic mass is 10.2. The maximum absolute atomic E-state index is 9.62. The van der Waals surface area contributed by atoms with Gasteiger partial charge in [0.15, 0.2) is 5.75 Å². The summed E-state index contributed by atoms with van der Waals surface area (Å²) in [4.78, 5) is 9.48. The summed E-state index contributed by atoms with van der Waals surface area (Å²) in [6, 6.07) is 0. The number of carboxylic acids is 1. The monoisotopic (exact) mass is 310 g/mol. The van der Waals surface area contributed by atoms with Crippen molar-refractivity contribution in [3.63, 3.8) is 0 Å². The number of hydrogen-bond acceptors (Lipinski definition) is 5. The number of carboxylic acid groups (broad SMARTS) is 1. The smallest absolute Gasteiger partial charge is 0.321 e. The molecule has 0 aliphatic carbocycles. The first kappa shape index (κ1) is 19.3. The zero-order chi connectivity index (χ0) is 15.3.